The Hall–Kier alpha value is -3.00. The van der Waals surface area contributed by atoms with Crippen molar-refractivity contribution in [1.29, 1.82) is 0 Å². The minimum atomic E-state index is -0.556. The number of nitrogens with one attached hydrogen (secondary N) is 1. The number of halogens is 1. The summed E-state index contributed by atoms with van der Waals surface area (Å²) in [6, 6.07) is 7.15. The molecule has 3 aromatic rings. The van der Waals surface area contributed by atoms with Gasteiger partial charge in [0.2, 0.25) is 5.95 Å². The molecule has 2 aromatic heterocycles. The summed E-state index contributed by atoms with van der Waals surface area (Å²) >= 11 is 0. The van der Waals surface area contributed by atoms with Crippen LogP contribution in [0.25, 0.3) is 11.0 Å². The van der Waals surface area contributed by atoms with E-state index in [1.54, 1.807) is 25.4 Å². The first-order valence-electron chi connectivity index (χ1n) is 8.57. The molecule has 0 aliphatic rings. The van der Waals surface area contributed by atoms with Crippen LogP contribution in [-0.2, 0) is 7.05 Å². The van der Waals surface area contributed by atoms with Gasteiger partial charge in [-0.05, 0) is 24.1 Å². The normalized spacial score (nSPS) is 12.4. The van der Waals surface area contributed by atoms with E-state index < -0.39 is 11.4 Å². The first-order chi connectivity index (χ1) is 12.9. The molecule has 0 bridgehead atoms. The summed E-state index contributed by atoms with van der Waals surface area (Å²) in [7, 11) is 1.56. The van der Waals surface area contributed by atoms with Gasteiger partial charge in [0.1, 0.15) is 5.65 Å². The third kappa shape index (κ3) is 3.90. The number of ether oxygens (including phenoxy) is 1. The van der Waals surface area contributed by atoms with Crippen molar-refractivity contribution >= 4 is 17.0 Å². The molecule has 142 valence electrons. The second kappa shape index (κ2) is 7.71. The van der Waals surface area contributed by atoms with Crippen molar-refractivity contribution in [3.8, 4) is 11.5 Å². The SMILES string of the molecule is CC(C)[C@@H](CO)Nc1ncc2cc(Oc3ccccc3F)c(=O)n(C)c2n1. The quantitative estimate of drug-likeness (QED) is 0.692. The Morgan fingerprint density at radius 2 is 2.04 bits per heavy atom. The zero-order valence-corrected chi connectivity index (χ0v) is 15.3. The highest BCUT2D eigenvalue weighted by Crippen LogP contribution is 2.24. The van der Waals surface area contributed by atoms with Gasteiger partial charge in [-0.1, -0.05) is 26.0 Å². The topological polar surface area (TPSA) is 89.3 Å². The van der Waals surface area contributed by atoms with Gasteiger partial charge in [0.15, 0.2) is 17.3 Å². The highest BCUT2D eigenvalue weighted by Gasteiger charge is 2.16. The lowest BCUT2D eigenvalue weighted by Gasteiger charge is -2.20. The Morgan fingerprint density at radius 1 is 1.30 bits per heavy atom. The maximum atomic E-state index is 13.8. The van der Waals surface area contributed by atoms with Crippen molar-refractivity contribution in [3.63, 3.8) is 0 Å². The molecule has 0 saturated heterocycles. The largest absolute Gasteiger partial charge is 0.448 e. The highest BCUT2D eigenvalue weighted by molar-refractivity contribution is 5.76. The lowest BCUT2D eigenvalue weighted by Crippen LogP contribution is -2.30. The summed E-state index contributed by atoms with van der Waals surface area (Å²) in [4.78, 5) is 21.2. The molecule has 0 fully saturated rings. The number of aliphatic hydroxyl groups excluding tert-OH is 1. The Kier molecular flexibility index (Phi) is 5.36. The van der Waals surface area contributed by atoms with Crippen molar-refractivity contribution in [2.75, 3.05) is 11.9 Å². The fourth-order valence-electron chi connectivity index (χ4n) is 2.59. The Bertz CT molecular complexity index is 1020. The molecule has 1 atom stereocenters. The average molecular weight is 372 g/mol. The molecule has 7 nitrogen and oxygen atoms in total. The van der Waals surface area contributed by atoms with Gasteiger partial charge in [-0.25, -0.2) is 9.37 Å². The number of para-hydroxylation sites is 1. The molecular formula is C19H21FN4O3. The van der Waals surface area contributed by atoms with E-state index in [0.29, 0.717) is 17.0 Å². The van der Waals surface area contributed by atoms with E-state index in [2.05, 4.69) is 15.3 Å². The Labute approximate surface area is 155 Å². The smallest absolute Gasteiger partial charge is 0.294 e. The van der Waals surface area contributed by atoms with Crippen LogP contribution < -0.4 is 15.6 Å². The van der Waals surface area contributed by atoms with Crippen LogP contribution in [0.2, 0.25) is 0 Å². The number of nitrogens with zero attached hydrogens (tertiary/aromatic N) is 3. The monoisotopic (exact) mass is 372 g/mol. The van der Waals surface area contributed by atoms with Gasteiger partial charge in [0.25, 0.3) is 5.56 Å². The van der Waals surface area contributed by atoms with Crippen LogP contribution in [-0.4, -0.2) is 32.3 Å². The fourth-order valence-corrected chi connectivity index (χ4v) is 2.59. The van der Waals surface area contributed by atoms with Crippen molar-refractivity contribution in [1.82, 2.24) is 14.5 Å². The van der Waals surface area contributed by atoms with Crippen LogP contribution in [0.3, 0.4) is 0 Å². The molecule has 0 aliphatic heterocycles. The number of pyridine rings is 1. The first kappa shape index (κ1) is 18.8. The van der Waals surface area contributed by atoms with E-state index in [1.165, 1.54) is 22.8 Å². The number of hydrogen-bond donors (Lipinski definition) is 2. The third-order valence-electron chi connectivity index (χ3n) is 4.29. The Morgan fingerprint density at radius 3 is 2.70 bits per heavy atom. The number of fused-ring (bicyclic) bond motifs is 1. The lowest BCUT2D eigenvalue weighted by molar-refractivity contribution is 0.248. The number of benzene rings is 1. The molecule has 2 heterocycles. The van der Waals surface area contributed by atoms with E-state index in [1.807, 2.05) is 13.8 Å². The standard InChI is InChI=1S/C19H21FN4O3/c1-11(2)14(10-25)22-19-21-9-12-8-16(18(26)24(3)17(12)23-19)27-15-7-5-4-6-13(15)20/h4-9,11,14,25H,10H2,1-3H3,(H,21,22,23)/t14-/m1/s1. The minimum Gasteiger partial charge on any atom is -0.448 e. The summed E-state index contributed by atoms with van der Waals surface area (Å²) in [5, 5.41) is 13.1. The van der Waals surface area contributed by atoms with Gasteiger partial charge >= 0.3 is 0 Å². The van der Waals surface area contributed by atoms with Crippen LogP contribution in [0.1, 0.15) is 13.8 Å². The molecular weight excluding hydrogens is 351 g/mol. The molecule has 2 N–H and O–H groups in total. The van der Waals surface area contributed by atoms with Crippen LogP contribution in [0.4, 0.5) is 10.3 Å². The summed E-state index contributed by atoms with van der Waals surface area (Å²) in [5.41, 5.74) is -0.0446. The molecule has 0 radical (unpaired) electrons. The van der Waals surface area contributed by atoms with Crippen LogP contribution in [0.5, 0.6) is 11.5 Å². The maximum Gasteiger partial charge on any atom is 0.294 e. The van der Waals surface area contributed by atoms with Gasteiger partial charge < -0.3 is 15.2 Å². The number of aryl methyl sites for hydroxylation is 1. The lowest BCUT2D eigenvalue weighted by atomic mass is 10.1. The van der Waals surface area contributed by atoms with E-state index in [-0.39, 0.29) is 30.1 Å². The van der Waals surface area contributed by atoms with Crippen LogP contribution in [0.15, 0.2) is 41.3 Å². The number of aromatic nitrogens is 3. The third-order valence-corrected chi connectivity index (χ3v) is 4.29. The van der Waals surface area contributed by atoms with Gasteiger partial charge in [-0.15, -0.1) is 0 Å². The summed E-state index contributed by atoms with van der Waals surface area (Å²) < 4.78 is 20.6. The number of rotatable bonds is 6. The second-order valence-electron chi connectivity index (χ2n) is 6.56. The molecule has 1 aromatic carbocycles. The zero-order valence-electron chi connectivity index (χ0n) is 15.3. The molecule has 3 rings (SSSR count). The van der Waals surface area contributed by atoms with Gasteiger partial charge in [-0.3, -0.25) is 9.36 Å². The molecule has 27 heavy (non-hydrogen) atoms. The molecule has 0 saturated carbocycles. The molecule has 0 amide bonds. The van der Waals surface area contributed by atoms with E-state index in [4.69, 9.17) is 4.74 Å². The Balaban J connectivity index is 1.99. The molecule has 8 heteroatoms. The summed E-state index contributed by atoms with van der Waals surface area (Å²) in [6.07, 6.45) is 1.55. The second-order valence-corrected chi connectivity index (χ2v) is 6.56. The van der Waals surface area contributed by atoms with Gasteiger partial charge in [-0.2, -0.15) is 4.98 Å². The van der Waals surface area contributed by atoms with Gasteiger partial charge in [0, 0.05) is 18.6 Å². The summed E-state index contributed by atoms with van der Waals surface area (Å²) in [6.45, 7) is 3.88. The number of aliphatic hydroxyl groups is 1. The maximum absolute atomic E-state index is 13.8. The van der Waals surface area contributed by atoms with Crippen molar-refractivity contribution in [2.45, 2.75) is 19.9 Å². The van der Waals surface area contributed by atoms with Crippen molar-refractivity contribution < 1.29 is 14.2 Å². The van der Waals surface area contributed by atoms with Crippen molar-refractivity contribution in [2.24, 2.45) is 13.0 Å². The zero-order chi connectivity index (χ0) is 19.6. The predicted molar refractivity (Wildman–Crippen MR) is 101 cm³/mol. The first-order valence-corrected chi connectivity index (χ1v) is 8.57. The fraction of sp³-hybridized carbons (Fsp3) is 0.316. The number of hydrogen-bond acceptors (Lipinski definition) is 6. The van der Waals surface area contributed by atoms with E-state index in [0.717, 1.165) is 0 Å². The van der Waals surface area contributed by atoms with E-state index in [9.17, 15) is 14.3 Å². The van der Waals surface area contributed by atoms with E-state index >= 15 is 0 Å². The average Bonchev–Trinajstić information content (AvgIpc) is 2.65. The number of anilines is 1. The molecule has 0 spiro atoms. The minimum absolute atomic E-state index is 0.0187. The highest BCUT2D eigenvalue weighted by atomic mass is 19.1. The van der Waals surface area contributed by atoms with Crippen molar-refractivity contribution in [3.05, 3.63) is 52.7 Å². The van der Waals surface area contributed by atoms with Crippen LogP contribution >= 0.6 is 0 Å². The predicted octanol–water partition coefficient (Wildman–Crippen LogP) is 2.69. The van der Waals surface area contributed by atoms with Crippen LogP contribution in [0, 0.1) is 11.7 Å². The molecule has 0 unspecified atom stereocenters. The molecule has 0 aliphatic carbocycles. The summed E-state index contributed by atoms with van der Waals surface area (Å²) in [5.74, 6) is -0.118. The van der Waals surface area contributed by atoms with Gasteiger partial charge in [0.05, 0.1) is 12.6 Å².